The molecule has 2 rings (SSSR count). The SMILES string of the molecule is Cc1cnc(NC2CCCSC2)c(N)c1. The lowest BCUT2D eigenvalue weighted by Gasteiger charge is -2.23. The van der Waals surface area contributed by atoms with Crippen LogP contribution in [0.15, 0.2) is 12.3 Å². The zero-order chi connectivity index (χ0) is 10.7. The second kappa shape index (κ2) is 4.75. The predicted molar refractivity (Wildman–Crippen MR) is 67.4 cm³/mol. The van der Waals surface area contributed by atoms with E-state index >= 15 is 0 Å². The molecule has 0 radical (unpaired) electrons. The summed E-state index contributed by atoms with van der Waals surface area (Å²) in [4.78, 5) is 4.33. The van der Waals surface area contributed by atoms with Crippen LogP contribution in [0.5, 0.6) is 0 Å². The van der Waals surface area contributed by atoms with Crippen molar-refractivity contribution in [3.63, 3.8) is 0 Å². The quantitative estimate of drug-likeness (QED) is 0.807. The van der Waals surface area contributed by atoms with Gasteiger partial charge in [-0.2, -0.15) is 11.8 Å². The third-order valence-electron chi connectivity index (χ3n) is 2.56. The molecule has 0 bridgehead atoms. The maximum Gasteiger partial charge on any atom is 0.149 e. The third-order valence-corrected chi connectivity index (χ3v) is 3.77. The number of thioether (sulfide) groups is 1. The Morgan fingerprint density at radius 2 is 2.47 bits per heavy atom. The summed E-state index contributed by atoms with van der Waals surface area (Å²) in [7, 11) is 0. The van der Waals surface area contributed by atoms with Gasteiger partial charge in [0, 0.05) is 18.0 Å². The Hall–Kier alpha value is -0.900. The number of pyridine rings is 1. The first kappa shape index (κ1) is 10.6. The molecule has 0 aliphatic carbocycles. The van der Waals surface area contributed by atoms with Crippen molar-refractivity contribution in [3.05, 3.63) is 17.8 Å². The zero-order valence-corrected chi connectivity index (χ0v) is 9.81. The smallest absolute Gasteiger partial charge is 0.149 e. The van der Waals surface area contributed by atoms with Crippen LogP contribution in [0.1, 0.15) is 18.4 Å². The molecule has 1 aliphatic heterocycles. The van der Waals surface area contributed by atoms with Gasteiger partial charge in [-0.3, -0.25) is 0 Å². The highest BCUT2D eigenvalue weighted by atomic mass is 32.2. The van der Waals surface area contributed by atoms with Crippen molar-refractivity contribution in [2.24, 2.45) is 0 Å². The largest absolute Gasteiger partial charge is 0.396 e. The highest BCUT2D eigenvalue weighted by Crippen LogP contribution is 2.23. The lowest BCUT2D eigenvalue weighted by atomic mass is 10.2. The normalized spacial score (nSPS) is 21.3. The third kappa shape index (κ3) is 2.78. The molecule has 15 heavy (non-hydrogen) atoms. The van der Waals surface area contributed by atoms with E-state index in [9.17, 15) is 0 Å². The Balaban J connectivity index is 2.03. The first-order valence-corrected chi connectivity index (χ1v) is 6.47. The second-order valence-electron chi connectivity index (χ2n) is 4.01. The number of nitrogens with one attached hydrogen (secondary N) is 1. The number of rotatable bonds is 2. The predicted octanol–water partition coefficient (Wildman–Crippen LogP) is 2.28. The maximum atomic E-state index is 5.91. The number of nitrogens with two attached hydrogens (primary N) is 1. The average Bonchev–Trinajstić information content (AvgIpc) is 2.24. The van der Waals surface area contributed by atoms with E-state index in [0.29, 0.717) is 6.04 Å². The first-order chi connectivity index (χ1) is 7.25. The van der Waals surface area contributed by atoms with Gasteiger partial charge in [0.25, 0.3) is 0 Å². The van der Waals surface area contributed by atoms with Gasteiger partial charge in [-0.15, -0.1) is 0 Å². The number of aryl methyl sites for hydroxylation is 1. The monoisotopic (exact) mass is 223 g/mol. The number of nitrogen functional groups attached to an aromatic ring is 1. The summed E-state index contributed by atoms with van der Waals surface area (Å²) in [6.07, 6.45) is 4.37. The molecule has 0 spiro atoms. The molecule has 1 aliphatic rings. The molecule has 1 atom stereocenters. The van der Waals surface area contributed by atoms with E-state index in [1.165, 1.54) is 18.6 Å². The molecular weight excluding hydrogens is 206 g/mol. The molecule has 0 aromatic carbocycles. The van der Waals surface area contributed by atoms with Crippen LogP contribution in [0.3, 0.4) is 0 Å². The van der Waals surface area contributed by atoms with E-state index in [0.717, 1.165) is 22.8 Å². The van der Waals surface area contributed by atoms with Gasteiger partial charge in [-0.05, 0) is 37.1 Å². The standard InChI is InChI=1S/C11H17N3S/c1-8-5-10(12)11(13-6-8)14-9-3-2-4-15-7-9/h5-6,9H,2-4,7,12H2,1H3,(H,13,14). The van der Waals surface area contributed by atoms with Crippen LogP contribution in [0.2, 0.25) is 0 Å². The summed E-state index contributed by atoms with van der Waals surface area (Å²) in [5, 5.41) is 3.42. The molecule has 1 unspecified atom stereocenters. The van der Waals surface area contributed by atoms with Crippen molar-refractivity contribution < 1.29 is 0 Å². The summed E-state index contributed by atoms with van der Waals surface area (Å²) in [6.45, 7) is 2.00. The van der Waals surface area contributed by atoms with Crippen molar-refractivity contribution in [1.29, 1.82) is 0 Å². The molecular formula is C11H17N3S. The van der Waals surface area contributed by atoms with Gasteiger partial charge >= 0.3 is 0 Å². The van der Waals surface area contributed by atoms with Crippen LogP contribution in [-0.2, 0) is 0 Å². The zero-order valence-electron chi connectivity index (χ0n) is 8.99. The molecule has 4 heteroatoms. The first-order valence-electron chi connectivity index (χ1n) is 5.32. The average molecular weight is 223 g/mol. The van der Waals surface area contributed by atoms with Crippen LogP contribution in [0.25, 0.3) is 0 Å². The molecule has 2 heterocycles. The molecule has 1 aromatic rings. The summed E-state index contributed by atoms with van der Waals surface area (Å²) in [5.74, 6) is 3.29. The van der Waals surface area contributed by atoms with Gasteiger partial charge in [-0.1, -0.05) is 0 Å². The number of nitrogens with zero attached hydrogens (tertiary/aromatic N) is 1. The molecule has 0 amide bonds. The van der Waals surface area contributed by atoms with Crippen LogP contribution in [0, 0.1) is 6.92 Å². The van der Waals surface area contributed by atoms with E-state index in [4.69, 9.17) is 5.73 Å². The van der Waals surface area contributed by atoms with E-state index in [-0.39, 0.29) is 0 Å². The Morgan fingerprint density at radius 1 is 1.60 bits per heavy atom. The Labute approximate surface area is 94.8 Å². The molecule has 1 fully saturated rings. The number of hydrogen-bond acceptors (Lipinski definition) is 4. The van der Waals surface area contributed by atoms with Gasteiger partial charge in [-0.25, -0.2) is 4.98 Å². The maximum absolute atomic E-state index is 5.91. The van der Waals surface area contributed by atoms with Crippen LogP contribution in [0.4, 0.5) is 11.5 Å². The van der Waals surface area contributed by atoms with E-state index in [1.54, 1.807) is 0 Å². The van der Waals surface area contributed by atoms with Crippen LogP contribution >= 0.6 is 11.8 Å². The molecule has 3 nitrogen and oxygen atoms in total. The van der Waals surface area contributed by atoms with Gasteiger partial charge in [0.15, 0.2) is 0 Å². The van der Waals surface area contributed by atoms with Gasteiger partial charge in [0.2, 0.25) is 0 Å². The van der Waals surface area contributed by atoms with Gasteiger partial charge in [0.05, 0.1) is 5.69 Å². The molecule has 0 saturated carbocycles. The minimum Gasteiger partial charge on any atom is -0.396 e. The van der Waals surface area contributed by atoms with E-state index in [1.807, 2.05) is 30.9 Å². The molecule has 1 aromatic heterocycles. The number of anilines is 2. The fourth-order valence-corrected chi connectivity index (χ4v) is 2.83. The Morgan fingerprint density at radius 3 is 3.13 bits per heavy atom. The highest BCUT2D eigenvalue weighted by Gasteiger charge is 2.14. The Bertz CT molecular complexity index is 335. The summed E-state index contributed by atoms with van der Waals surface area (Å²) < 4.78 is 0. The summed E-state index contributed by atoms with van der Waals surface area (Å²) in [6, 6.07) is 2.49. The summed E-state index contributed by atoms with van der Waals surface area (Å²) in [5.41, 5.74) is 7.77. The van der Waals surface area contributed by atoms with Crippen LogP contribution in [-0.4, -0.2) is 22.5 Å². The fourth-order valence-electron chi connectivity index (χ4n) is 1.76. The molecule has 82 valence electrons. The molecule has 3 N–H and O–H groups in total. The number of hydrogen-bond donors (Lipinski definition) is 2. The van der Waals surface area contributed by atoms with Crippen molar-refractivity contribution in [1.82, 2.24) is 4.98 Å². The lowest BCUT2D eigenvalue weighted by molar-refractivity contribution is 0.682. The van der Waals surface area contributed by atoms with Gasteiger partial charge < -0.3 is 11.1 Å². The summed E-state index contributed by atoms with van der Waals surface area (Å²) >= 11 is 2.00. The fraction of sp³-hybridized carbons (Fsp3) is 0.545. The molecule has 1 saturated heterocycles. The van der Waals surface area contributed by atoms with Crippen LogP contribution < -0.4 is 11.1 Å². The minimum atomic E-state index is 0.529. The Kier molecular flexibility index (Phi) is 3.36. The van der Waals surface area contributed by atoms with E-state index in [2.05, 4.69) is 10.3 Å². The van der Waals surface area contributed by atoms with Crippen molar-refractivity contribution in [2.75, 3.05) is 22.6 Å². The topological polar surface area (TPSA) is 50.9 Å². The van der Waals surface area contributed by atoms with Gasteiger partial charge in [0.1, 0.15) is 5.82 Å². The second-order valence-corrected chi connectivity index (χ2v) is 5.16. The van der Waals surface area contributed by atoms with Crippen molar-refractivity contribution >= 4 is 23.3 Å². The van der Waals surface area contributed by atoms with E-state index < -0.39 is 0 Å². The highest BCUT2D eigenvalue weighted by molar-refractivity contribution is 7.99. The minimum absolute atomic E-state index is 0.529. The van der Waals surface area contributed by atoms with Crippen molar-refractivity contribution in [3.8, 4) is 0 Å². The number of aromatic nitrogens is 1. The lowest BCUT2D eigenvalue weighted by Crippen LogP contribution is -2.26. The van der Waals surface area contributed by atoms with Crippen molar-refractivity contribution in [2.45, 2.75) is 25.8 Å².